The maximum atomic E-state index is 7.09. The summed E-state index contributed by atoms with van der Waals surface area (Å²) in [5.41, 5.74) is 1.24. The summed E-state index contributed by atoms with van der Waals surface area (Å²) < 4.78 is 5.66. The molecule has 0 aliphatic carbocycles. The molecule has 0 amide bonds. The molecule has 0 aliphatic rings. The minimum Gasteiger partial charge on any atom is -0.494 e. The predicted octanol–water partition coefficient (Wildman–Crippen LogP) is 1.97. The number of hydrogen-bond donors (Lipinski definition) is 3. The average molecular weight is 267 g/mol. The van der Waals surface area contributed by atoms with Gasteiger partial charge in [0.15, 0.2) is 5.17 Å². The van der Waals surface area contributed by atoms with Crippen molar-refractivity contribution in [3.63, 3.8) is 0 Å². The van der Waals surface area contributed by atoms with E-state index in [1.807, 2.05) is 26.2 Å². The minimum atomic E-state index is 0.197. The second-order valence-corrected chi connectivity index (χ2v) is 4.81. The maximum Gasteiger partial charge on any atom is 0.150 e. The molecule has 4 nitrogen and oxygen atoms in total. The van der Waals surface area contributed by atoms with Crippen LogP contribution in [0.2, 0.25) is 0 Å². The zero-order valence-electron chi connectivity index (χ0n) is 10.9. The lowest BCUT2D eigenvalue weighted by molar-refractivity contribution is 0.310. The molecule has 0 fully saturated rings. The molecule has 100 valence electrons. The molecule has 0 atom stereocenters. The van der Waals surface area contributed by atoms with Crippen LogP contribution in [-0.2, 0) is 6.54 Å². The maximum absolute atomic E-state index is 7.09. The number of rotatable bonds is 7. The molecule has 0 radical (unpaired) electrons. The van der Waals surface area contributed by atoms with E-state index < -0.39 is 0 Å². The molecule has 2 N–H and O–H groups in total. The first-order chi connectivity index (χ1) is 8.58. The van der Waals surface area contributed by atoms with Gasteiger partial charge in [-0.25, -0.2) is 0 Å². The highest BCUT2D eigenvalue weighted by molar-refractivity contribution is 7.96. The third-order valence-corrected chi connectivity index (χ3v) is 2.44. The van der Waals surface area contributed by atoms with Crippen LogP contribution in [0.15, 0.2) is 24.3 Å². The first kappa shape index (κ1) is 14.9. The lowest BCUT2D eigenvalue weighted by atomic mass is 10.2. The summed E-state index contributed by atoms with van der Waals surface area (Å²) in [6.45, 7) is 2.26. The van der Waals surface area contributed by atoms with E-state index in [4.69, 9.17) is 10.1 Å². The molecule has 1 aromatic carbocycles. The fourth-order valence-electron chi connectivity index (χ4n) is 1.57. The molecule has 0 bridgehead atoms. The van der Waals surface area contributed by atoms with Gasteiger partial charge < -0.3 is 15.0 Å². The van der Waals surface area contributed by atoms with Gasteiger partial charge in [0.2, 0.25) is 0 Å². The predicted molar refractivity (Wildman–Crippen MR) is 78.7 cm³/mol. The van der Waals surface area contributed by atoms with Crippen molar-refractivity contribution in [2.75, 3.05) is 27.2 Å². The van der Waals surface area contributed by atoms with Crippen molar-refractivity contribution in [1.82, 2.24) is 10.2 Å². The van der Waals surface area contributed by atoms with Gasteiger partial charge in [-0.05, 0) is 38.2 Å². The van der Waals surface area contributed by atoms with Gasteiger partial charge in [-0.3, -0.25) is 5.41 Å². The van der Waals surface area contributed by atoms with E-state index in [1.165, 1.54) is 5.56 Å². The standard InChI is InChI=1S/C13H21N3OS/c1-16(2)10-11-5-3-6-12(9-11)17-8-4-7-15-13(14)18/h3,5-6,9H,4,7-8,10H2,1-2H3,(H3,14,15,18). The molecule has 18 heavy (non-hydrogen) atoms. The molecule has 0 heterocycles. The van der Waals surface area contributed by atoms with Crippen molar-refractivity contribution >= 4 is 17.8 Å². The number of hydrogen-bond acceptors (Lipinski definition) is 3. The highest BCUT2D eigenvalue weighted by Crippen LogP contribution is 2.14. The molecule has 0 unspecified atom stereocenters. The Hall–Kier alpha value is -1.20. The fraction of sp³-hybridized carbons (Fsp3) is 0.462. The largest absolute Gasteiger partial charge is 0.494 e. The summed E-state index contributed by atoms with van der Waals surface area (Å²) in [6, 6.07) is 8.13. The zero-order valence-corrected chi connectivity index (χ0v) is 11.8. The fourth-order valence-corrected chi connectivity index (χ4v) is 1.68. The van der Waals surface area contributed by atoms with Crippen LogP contribution in [-0.4, -0.2) is 37.3 Å². The van der Waals surface area contributed by atoms with Crippen molar-refractivity contribution in [1.29, 1.82) is 5.41 Å². The van der Waals surface area contributed by atoms with Crippen LogP contribution in [0.4, 0.5) is 0 Å². The zero-order chi connectivity index (χ0) is 13.4. The van der Waals surface area contributed by atoms with Crippen molar-refractivity contribution < 1.29 is 4.74 Å². The van der Waals surface area contributed by atoms with Gasteiger partial charge in [0.25, 0.3) is 0 Å². The van der Waals surface area contributed by atoms with Crippen molar-refractivity contribution in [2.45, 2.75) is 13.0 Å². The van der Waals surface area contributed by atoms with E-state index in [9.17, 15) is 0 Å². The van der Waals surface area contributed by atoms with Gasteiger partial charge in [-0.1, -0.05) is 12.1 Å². The first-order valence-electron chi connectivity index (χ1n) is 5.96. The third kappa shape index (κ3) is 6.51. The number of amidine groups is 1. The molecule has 1 rings (SSSR count). The van der Waals surface area contributed by atoms with Gasteiger partial charge in [0, 0.05) is 13.1 Å². The lowest BCUT2D eigenvalue weighted by Crippen LogP contribution is -2.20. The summed E-state index contributed by atoms with van der Waals surface area (Å²) in [4.78, 5) is 2.13. The molecular formula is C13H21N3OS. The SMILES string of the molecule is CN(C)Cc1cccc(OCCCNC(=N)S)c1. The van der Waals surface area contributed by atoms with Gasteiger partial charge in [-0.15, -0.1) is 12.6 Å². The monoisotopic (exact) mass is 267 g/mol. The average Bonchev–Trinajstić information content (AvgIpc) is 2.27. The smallest absolute Gasteiger partial charge is 0.150 e. The molecule has 1 aromatic rings. The summed E-state index contributed by atoms with van der Waals surface area (Å²) in [6.07, 6.45) is 0.848. The van der Waals surface area contributed by atoms with E-state index in [1.54, 1.807) is 0 Å². The second-order valence-electron chi connectivity index (χ2n) is 4.36. The number of benzene rings is 1. The quantitative estimate of drug-likeness (QED) is 0.306. The Balaban J connectivity index is 2.31. The van der Waals surface area contributed by atoms with Crippen LogP contribution in [0.5, 0.6) is 5.75 Å². The summed E-state index contributed by atoms with van der Waals surface area (Å²) in [5.74, 6) is 0.898. The Morgan fingerprint density at radius 1 is 1.44 bits per heavy atom. The highest BCUT2D eigenvalue weighted by atomic mass is 32.1. The van der Waals surface area contributed by atoms with Crippen LogP contribution < -0.4 is 10.1 Å². The summed E-state index contributed by atoms with van der Waals surface area (Å²) >= 11 is 3.84. The Morgan fingerprint density at radius 3 is 2.89 bits per heavy atom. The van der Waals surface area contributed by atoms with Crippen LogP contribution >= 0.6 is 12.6 Å². The molecule has 5 heteroatoms. The summed E-state index contributed by atoms with van der Waals surface area (Å²) in [7, 11) is 4.09. The molecule has 0 saturated heterocycles. The molecule has 0 spiro atoms. The second kappa shape index (κ2) is 8.00. The van der Waals surface area contributed by atoms with E-state index in [-0.39, 0.29) is 5.17 Å². The highest BCUT2D eigenvalue weighted by Gasteiger charge is 1.98. The number of thiol groups is 1. The van der Waals surface area contributed by atoms with Crippen molar-refractivity contribution in [3.05, 3.63) is 29.8 Å². The Kier molecular flexibility index (Phi) is 6.60. The van der Waals surface area contributed by atoms with Gasteiger partial charge in [0.05, 0.1) is 6.61 Å². The van der Waals surface area contributed by atoms with Crippen LogP contribution in [0.3, 0.4) is 0 Å². The van der Waals surface area contributed by atoms with E-state index >= 15 is 0 Å². The minimum absolute atomic E-state index is 0.197. The van der Waals surface area contributed by atoms with Crippen LogP contribution in [0, 0.1) is 5.41 Å². The lowest BCUT2D eigenvalue weighted by Gasteiger charge is -2.11. The molecule has 0 saturated carbocycles. The number of ether oxygens (including phenoxy) is 1. The van der Waals surface area contributed by atoms with Gasteiger partial charge in [-0.2, -0.15) is 0 Å². The van der Waals surface area contributed by atoms with Gasteiger partial charge in [0.1, 0.15) is 5.75 Å². The Bertz CT molecular complexity index is 382. The van der Waals surface area contributed by atoms with Crippen LogP contribution in [0.25, 0.3) is 0 Å². The normalized spacial score (nSPS) is 10.4. The topological polar surface area (TPSA) is 48.4 Å². The van der Waals surface area contributed by atoms with Gasteiger partial charge >= 0.3 is 0 Å². The van der Waals surface area contributed by atoms with E-state index in [2.05, 4.69) is 35.0 Å². The molecule has 0 aliphatic heterocycles. The Morgan fingerprint density at radius 2 is 2.22 bits per heavy atom. The summed E-state index contributed by atoms with van der Waals surface area (Å²) in [5, 5.41) is 10.1. The van der Waals surface area contributed by atoms with Crippen molar-refractivity contribution in [2.24, 2.45) is 0 Å². The Labute approximate surface area is 114 Å². The number of nitrogens with one attached hydrogen (secondary N) is 2. The number of nitrogens with zero attached hydrogens (tertiary/aromatic N) is 1. The van der Waals surface area contributed by atoms with Crippen molar-refractivity contribution in [3.8, 4) is 5.75 Å². The van der Waals surface area contributed by atoms with Crippen LogP contribution in [0.1, 0.15) is 12.0 Å². The van der Waals surface area contributed by atoms with E-state index in [0.29, 0.717) is 13.2 Å². The molecule has 0 aromatic heterocycles. The molecular weight excluding hydrogens is 246 g/mol. The third-order valence-electron chi connectivity index (χ3n) is 2.28. The first-order valence-corrected chi connectivity index (χ1v) is 6.40. The van der Waals surface area contributed by atoms with E-state index in [0.717, 1.165) is 18.7 Å².